The number of hydrogen-bond donors (Lipinski definition) is 0. The third-order valence-corrected chi connectivity index (χ3v) is 4.12. The number of rotatable bonds is 3. The van der Waals surface area contributed by atoms with E-state index in [1.54, 1.807) is 30.5 Å². The standard InChI is InChI=1S/C19H19NO4/c1-12(2)9-20-10-15-16(23-11-20)6-5-14-18(21)17(24-19(14)15)8-13-4-3-7-22-13/h3-8,12H,9-11H2,1-2H3/b17-8-. The van der Waals surface area contributed by atoms with Crippen LogP contribution in [0.5, 0.6) is 11.5 Å². The van der Waals surface area contributed by atoms with Crippen molar-refractivity contribution in [3.8, 4) is 11.5 Å². The Kier molecular flexibility index (Phi) is 3.65. The van der Waals surface area contributed by atoms with Crippen molar-refractivity contribution < 1.29 is 18.7 Å². The van der Waals surface area contributed by atoms with Crippen molar-refractivity contribution in [1.82, 2.24) is 4.90 Å². The lowest BCUT2D eigenvalue weighted by atomic mass is 10.0. The van der Waals surface area contributed by atoms with E-state index in [1.165, 1.54) is 0 Å². The first-order valence-electron chi connectivity index (χ1n) is 8.10. The van der Waals surface area contributed by atoms with E-state index in [0.29, 0.717) is 29.7 Å². The molecule has 4 rings (SSSR count). The molecule has 0 radical (unpaired) electrons. The van der Waals surface area contributed by atoms with Crippen molar-refractivity contribution in [3.05, 3.63) is 53.2 Å². The summed E-state index contributed by atoms with van der Waals surface area (Å²) in [6.07, 6.45) is 3.20. The number of allylic oxidation sites excluding steroid dienone is 1. The van der Waals surface area contributed by atoms with Gasteiger partial charge in [0.25, 0.3) is 0 Å². The van der Waals surface area contributed by atoms with E-state index in [0.717, 1.165) is 24.4 Å². The average Bonchev–Trinajstić information content (AvgIpc) is 3.16. The SMILES string of the molecule is CC(C)CN1COc2ccc3c(c2C1)O/C(=C\c1ccco1)C3=O. The molecule has 0 saturated carbocycles. The summed E-state index contributed by atoms with van der Waals surface area (Å²) in [4.78, 5) is 14.8. The summed E-state index contributed by atoms with van der Waals surface area (Å²) in [5.41, 5.74) is 1.53. The molecule has 124 valence electrons. The highest BCUT2D eigenvalue weighted by atomic mass is 16.5. The van der Waals surface area contributed by atoms with Crippen molar-refractivity contribution in [1.29, 1.82) is 0 Å². The fourth-order valence-corrected chi connectivity index (χ4v) is 3.14. The summed E-state index contributed by atoms with van der Waals surface area (Å²) in [6, 6.07) is 7.20. The molecule has 0 amide bonds. The highest BCUT2D eigenvalue weighted by molar-refractivity contribution is 6.14. The van der Waals surface area contributed by atoms with E-state index < -0.39 is 0 Å². The maximum absolute atomic E-state index is 12.6. The predicted molar refractivity (Wildman–Crippen MR) is 88.8 cm³/mol. The highest BCUT2D eigenvalue weighted by Gasteiger charge is 2.33. The van der Waals surface area contributed by atoms with Crippen molar-refractivity contribution in [2.45, 2.75) is 20.4 Å². The van der Waals surface area contributed by atoms with Gasteiger partial charge in [-0.15, -0.1) is 0 Å². The summed E-state index contributed by atoms with van der Waals surface area (Å²) < 4.78 is 17.0. The first kappa shape index (κ1) is 15.0. The van der Waals surface area contributed by atoms with Gasteiger partial charge in [0.1, 0.15) is 24.0 Å². The third-order valence-electron chi connectivity index (χ3n) is 4.12. The molecule has 5 heteroatoms. The maximum Gasteiger partial charge on any atom is 0.232 e. The Balaban J connectivity index is 1.67. The fourth-order valence-electron chi connectivity index (χ4n) is 3.14. The molecule has 0 fully saturated rings. The van der Waals surface area contributed by atoms with Crippen LogP contribution in [0.1, 0.15) is 35.5 Å². The Labute approximate surface area is 140 Å². The minimum Gasteiger partial charge on any atom is -0.478 e. The van der Waals surface area contributed by atoms with Crippen LogP contribution in [-0.4, -0.2) is 24.0 Å². The van der Waals surface area contributed by atoms with Crippen molar-refractivity contribution >= 4 is 11.9 Å². The van der Waals surface area contributed by atoms with Gasteiger partial charge in [-0.25, -0.2) is 0 Å². The molecule has 3 heterocycles. The van der Waals surface area contributed by atoms with E-state index in [4.69, 9.17) is 13.9 Å². The molecule has 2 aliphatic heterocycles. The zero-order chi connectivity index (χ0) is 16.7. The van der Waals surface area contributed by atoms with Crippen molar-refractivity contribution in [3.63, 3.8) is 0 Å². The Morgan fingerprint density at radius 1 is 1.29 bits per heavy atom. The van der Waals surface area contributed by atoms with E-state index in [2.05, 4.69) is 18.7 Å². The van der Waals surface area contributed by atoms with E-state index in [9.17, 15) is 4.79 Å². The van der Waals surface area contributed by atoms with Crippen LogP contribution < -0.4 is 9.47 Å². The zero-order valence-corrected chi connectivity index (χ0v) is 13.7. The number of ether oxygens (including phenoxy) is 2. The molecule has 0 spiro atoms. The van der Waals surface area contributed by atoms with Gasteiger partial charge in [-0.05, 0) is 30.2 Å². The second kappa shape index (κ2) is 5.83. The predicted octanol–water partition coefficient (Wildman–Crippen LogP) is 3.70. The van der Waals surface area contributed by atoms with Crippen LogP contribution in [0.25, 0.3) is 6.08 Å². The molecule has 2 aromatic rings. The second-order valence-electron chi connectivity index (χ2n) is 6.55. The van der Waals surface area contributed by atoms with Gasteiger partial charge >= 0.3 is 0 Å². The van der Waals surface area contributed by atoms with Gasteiger partial charge in [0.05, 0.1) is 17.4 Å². The van der Waals surface area contributed by atoms with E-state index in [-0.39, 0.29) is 11.5 Å². The largest absolute Gasteiger partial charge is 0.478 e. The van der Waals surface area contributed by atoms with Gasteiger partial charge in [-0.1, -0.05) is 13.8 Å². The second-order valence-corrected chi connectivity index (χ2v) is 6.55. The number of benzene rings is 1. The molecule has 0 atom stereocenters. The van der Waals surface area contributed by atoms with Gasteiger partial charge in [-0.2, -0.15) is 0 Å². The van der Waals surface area contributed by atoms with Gasteiger partial charge in [0.15, 0.2) is 5.76 Å². The molecule has 0 aliphatic carbocycles. The molecule has 24 heavy (non-hydrogen) atoms. The van der Waals surface area contributed by atoms with Crippen LogP contribution in [0.15, 0.2) is 40.7 Å². The summed E-state index contributed by atoms with van der Waals surface area (Å²) in [5.74, 6) is 2.71. The Morgan fingerprint density at radius 2 is 2.17 bits per heavy atom. The highest BCUT2D eigenvalue weighted by Crippen LogP contribution is 2.42. The first-order chi connectivity index (χ1) is 11.6. The smallest absolute Gasteiger partial charge is 0.232 e. The molecule has 2 aliphatic rings. The number of carbonyl (C=O) groups excluding carboxylic acids is 1. The Bertz CT molecular complexity index is 805. The van der Waals surface area contributed by atoms with Crippen LogP contribution in [-0.2, 0) is 6.54 Å². The number of fused-ring (bicyclic) bond motifs is 3. The van der Waals surface area contributed by atoms with E-state index in [1.807, 2.05) is 6.07 Å². The van der Waals surface area contributed by atoms with Crippen molar-refractivity contribution in [2.24, 2.45) is 5.92 Å². The first-order valence-corrected chi connectivity index (χ1v) is 8.10. The molecule has 0 unspecified atom stereocenters. The van der Waals surface area contributed by atoms with Crippen LogP contribution in [0.3, 0.4) is 0 Å². The lowest BCUT2D eigenvalue weighted by Gasteiger charge is -2.30. The molecule has 0 N–H and O–H groups in total. The number of carbonyl (C=O) groups is 1. The average molecular weight is 325 g/mol. The minimum absolute atomic E-state index is 0.120. The number of furan rings is 1. The molecular weight excluding hydrogens is 306 g/mol. The maximum atomic E-state index is 12.6. The van der Waals surface area contributed by atoms with Crippen LogP contribution in [0.4, 0.5) is 0 Å². The number of nitrogens with zero attached hydrogens (tertiary/aromatic N) is 1. The monoisotopic (exact) mass is 325 g/mol. The van der Waals surface area contributed by atoms with Crippen LogP contribution in [0.2, 0.25) is 0 Å². The van der Waals surface area contributed by atoms with Gasteiger partial charge < -0.3 is 13.9 Å². The Morgan fingerprint density at radius 3 is 2.92 bits per heavy atom. The Hall–Kier alpha value is -2.53. The third kappa shape index (κ3) is 2.61. The molecule has 0 saturated heterocycles. The number of ketones is 1. The number of Topliss-reactive ketones (excluding diaryl/α,β-unsaturated/α-hetero) is 1. The molecule has 5 nitrogen and oxygen atoms in total. The normalized spacial score (nSPS) is 18.5. The summed E-state index contributed by atoms with van der Waals surface area (Å²) in [5, 5.41) is 0. The van der Waals surface area contributed by atoms with Gasteiger partial charge in [-0.3, -0.25) is 9.69 Å². The zero-order valence-electron chi connectivity index (χ0n) is 13.7. The van der Waals surface area contributed by atoms with Gasteiger partial charge in [0.2, 0.25) is 5.78 Å². The lowest BCUT2D eigenvalue weighted by molar-refractivity contribution is 0.0832. The van der Waals surface area contributed by atoms with Crippen molar-refractivity contribution in [2.75, 3.05) is 13.3 Å². The topological polar surface area (TPSA) is 51.9 Å². The fraction of sp³-hybridized carbons (Fsp3) is 0.316. The van der Waals surface area contributed by atoms with Crippen LogP contribution >= 0.6 is 0 Å². The molecule has 1 aromatic heterocycles. The number of hydrogen-bond acceptors (Lipinski definition) is 5. The van der Waals surface area contributed by atoms with E-state index >= 15 is 0 Å². The van der Waals surface area contributed by atoms with Crippen LogP contribution in [0, 0.1) is 5.92 Å². The summed E-state index contributed by atoms with van der Waals surface area (Å²) in [7, 11) is 0. The molecule has 1 aromatic carbocycles. The molecule has 0 bridgehead atoms. The molecular formula is C19H19NO4. The summed E-state index contributed by atoms with van der Waals surface area (Å²) >= 11 is 0. The summed E-state index contributed by atoms with van der Waals surface area (Å²) in [6.45, 7) is 6.57. The minimum atomic E-state index is -0.120. The quantitative estimate of drug-likeness (QED) is 0.805. The van der Waals surface area contributed by atoms with Gasteiger partial charge in [0, 0.05) is 19.2 Å². The lowest BCUT2D eigenvalue weighted by Crippen LogP contribution is -2.34.